The molecular weight excluding hydrogens is 310 g/mol. The van der Waals surface area contributed by atoms with Gasteiger partial charge in [0.2, 0.25) is 0 Å². The topological polar surface area (TPSA) is 46.2 Å². The summed E-state index contributed by atoms with van der Waals surface area (Å²) in [5.74, 6) is -0.0922. The number of ketones is 1. The van der Waals surface area contributed by atoms with E-state index in [1.807, 2.05) is 30.3 Å². The summed E-state index contributed by atoms with van der Waals surface area (Å²) >= 11 is 0. The number of carbonyl (C=O) groups is 2. The lowest BCUT2D eigenvalue weighted by Gasteiger charge is -2.14. The van der Waals surface area contributed by atoms with Crippen LogP contribution < -0.4 is 5.32 Å². The van der Waals surface area contributed by atoms with Gasteiger partial charge in [0.05, 0.1) is 0 Å². The summed E-state index contributed by atoms with van der Waals surface area (Å²) in [7, 11) is 0. The Morgan fingerprint density at radius 1 is 0.960 bits per heavy atom. The predicted octanol–water partition coefficient (Wildman–Crippen LogP) is 4.52. The Labute approximate surface area is 147 Å². The molecule has 25 heavy (non-hydrogen) atoms. The molecule has 0 bridgehead atoms. The van der Waals surface area contributed by atoms with Crippen LogP contribution in [-0.2, 0) is 0 Å². The highest BCUT2D eigenvalue weighted by molar-refractivity contribution is 6.24. The molecule has 0 aliphatic heterocycles. The van der Waals surface area contributed by atoms with Crippen molar-refractivity contribution in [3.63, 3.8) is 0 Å². The molecular formula is C22H21NO2. The minimum absolute atomic E-state index is 0.00705. The molecule has 0 saturated heterocycles. The van der Waals surface area contributed by atoms with Gasteiger partial charge < -0.3 is 5.32 Å². The molecule has 0 heterocycles. The van der Waals surface area contributed by atoms with Crippen molar-refractivity contribution < 1.29 is 9.59 Å². The number of carbonyl (C=O) groups excluding carboxylic acids is 2. The second-order valence-electron chi connectivity index (χ2n) is 6.72. The second-order valence-corrected chi connectivity index (χ2v) is 6.72. The summed E-state index contributed by atoms with van der Waals surface area (Å²) in [6, 6.07) is 12.9. The zero-order valence-corrected chi connectivity index (χ0v) is 14.2. The Morgan fingerprint density at radius 2 is 1.76 bits per heavy atom. The van der Waals surface area contributed by atoms with Gasteiger partial charge in [-0.3, -0.25) is 9.59 Å². The van der Waals surface area contributed by atoms with Crippen molar-refractivity contribution in [3.05, 3.63) is 70.8 Å². The van der Waals surface area contributed by atoms with E-state index in [0.717, 1.165) is 30.4 Å². The normalized spacial score (nSPS) is 15.4. The van der Waals surface area contributed by atoms with E-state index >= 15 is 0 Å². The summed E-state index contributed by atoms with van der Waals surface area (Å²) in [6.07, 6.45) is 8.07. The van der Waals surface area contributed by atoms with Crippen molar-refractivity contribution >= 4 is 11.7 Å². The molecule has 0 saturated carbocycles. The molecule has 1 N–H and O–H groups in total. The summed E-state index contributed by atoms with van der Waals surface area (Å²) < 4.78 is 0. The molecule has 0 fully saturated rings. The SMILES string of the molecule is O=C(NCCC1=CCCCC1)c1cccc2c1-c1ccccc1C2=O. The lowest BCUT2D eigenvalue weighted by atomic mass is 9.97. The summed E-state index contributed by atoms with van der Waals surface area (Å²) in [5.41, 5.74) is 4.99. The van der Waals surface area contributed by atoms with Gasteiger partial charge in [0, 0.05) is 28.8 Å². The van der Waals surface area contributed by atoms with Crippen LogP contribution in [0.2, 0.25) is 0 Å². The van der Waals surface area contributed by atoms with Crippen LogP contribution in [-0.4, -0.2) is 18.2 Å². The zero-order chi connectivity index (χ0) is 17.2. The number of nitrogens with one attached hydrogen (secondary N) is 1. The van der Waals surface area contributed by atoms with E-state index < -0.39 is 0 Å². The quantitative estimate of drug-likeness (QED) is 0.715. The fourth-order valence-corrected chi connectivity index (χ4v) is 3.83. The maximum absolute atomic E-state index is 12.7. The monoisotopic (exact) mass is 331 g/mol. The van der Waals surface area contributed by atoms with Gasteiger partial charge >= 0.3 is 0 Å². The summed E-state index contributed by atoms with van der Waals surface area (Å²) in [5, 5.41) is 3.03. The van der Waals surface area contributed by atoms with Crippen LogP contribution >= 0.6 is 0 Å². The van der Waals surface area contributed by atoms with E-state index in [-0.39, 0.29) is 11.7 Å². The maximum atomic E-state index is 12.7. The molecule has 2 aromatic carbocycles. The van der Waals surface area contributed by atoms with E-state index in [0.29, 0.717) is 23.2 Å². The Bertz CT molecular complexity index is 879. The minimum Gasteiger partial charge on any atom is -0.352 e. The van der Waals surface area contributed by atoms with Gasteiger partial charge in [0.25, 0.3) is 5.91 Å². The average molecular weight is 331 g/mol. The van der Waals surface area contributed by atoms with Gasteiger partial charge in [-0.15, -0.1) is 0 Å². The first-order valence-electron chi connectivity index (χ1n) is 8.99. The standard InChI is InChI=1S/C22H21NO2/c24-21-17-10-5-4-9-16(17)20-18(21)11-6-12-19(20)22(25)23-14-13-15-7-2-1-3-8-15/h4-7,9-12H,1-3,8,13-14H2,(H,23,25). The van der Waals surface area contributed by atoms with Crippen LogP contribution in [0.3, 0.4) is 0 Å². The average Bonchev–Trinajstić information content (AvgIpc) is 2.96. The van der Waals surface area contributed by atoms with Crippen molar-refractivity contribution in [2.24, 2.45) is 0 Å². The molecule has 0 spiro atoms. The lowest BCUT2D eigenvalue weighted by Crippen LogP contribution is -2.25. The third kappa shape index (κ3) is 2.91. The molecule has 4 rings (SSSR count). The maximum Gasteiger partial charge on any atom is 0.251 e. The number of hydrogen-bond acceptors (Lipinski definition) is 2. The highest BCUT2D eigenvalue weighted by Crippen LogP contribution is 2.38. The molecule has 2 aliphatic rings. The van der Waals surface area contributed by atoms with Gasteiger partial charge in [-0.05, 0) is 43.7 Å². The van der Waals surface area contributed by atoms with Crippen molar-refractivity contribution in [3.8, 4) is 11.1 Å². The highest BCUT2D eigenvalue weighted by atomic mass is 16.1. The summed E-state index contributed by atoms with van der Waals surface area (Å²) in [4.78, 5) is 25.3. The van der Waals surface area contributed by atoms with Crippen molar-refractivity contribution in [2.45, 2.75) is 32.1 Å². The van der Waals surface area contributed by atoms with Gasteiger partial charge in [-0.25, -0.2) is 0 Å². The van der Waals surface area contributed by atoms with Crippen LogP contribution in [0.1, 0.15) is 58.4 Å². The molecule has 3 nitrogen and oxygen atoms in total. The van der Waals surface area contributed by atoms with Crippen LogP contribution in [0.4, 0.5) is 0 Å². The number of hydrogen-bond donors (Lipinski definition) is 1. The third-order valence-electron chi connectivity index (χ3n) is 5.11. The first-order chi connectivity index (χ1) is 12.3. The molecule has 2 aromatic rings. The van der Waals surface area contributed by atoms with E-state index in [9.17, 15) is 9.59 Å². The van der Waals surface area contributed by atoms with E-state index in [2.05, 4.69) is 11.4 Å². The fourth-order valence-electron chi connectivity index (χ4n) is 3.83. The van der Waals surface area contributed by atoms with Crippen LogP contribution in [0.15, 0.2) is 54.1 Å². The van der Waals surface area contributed by atoms with E-state index in [1.54, 1.807) is 12.1 Å². The van der Waals surface area contributed by atoms with Crippen LogP contribution in [0, 0.1) is 0 Å². The first kappa shape index (κ1) is 15.8. The minimum atomic E-state index is -0.0993. The first-order valence-corrected chi connectivity index (χ1v) is 8.99. The Hall–Kier alpha value is -2.68. The van der Waals surface area contributed by atoms with Crippen LogP contribution in [0.5, 0.6) is 0 Å². The summed E-state index contributed by atoms with van der Waals surface area (Å²) in [6.45, 7) is 0.643. The molecule has 1 amide bonds. The molecule has 3 heteroatoms. The Morgan fingerprint density at radius 3 is 2.56 bits per heavy atom. The van der Waals surface area contributed by atoms with Crippen molar-refractivity contribution in [2.75, 3.05) is 6.54 Å². The van der Waals surface area contributed by atoms with Gasteiger partial charge in [0.1, 0.15) is 0 Å². The largest absolute Gasteiger partial charge is 0.352 e. The predicted molar refractivity (Wildman–Crippen MR) is 98.8 cm³/mol. The van der Waals surface area contributed by atoms with Gasteiger partial charge in [-0.2, -0.15) is 0 Å². The number of benzene rings is 2. The number of allylic oxidation sites excluding steroid dienone is 1. The Kier molecular flexibility index (Phi) is 4.22. The number of fused-ring (bicyclic) bond motifs is 3. The van der Waals surface area contributed by atoms with Crippen molar-refractivity contribution in [1.29, 1.82) is 0 Å². The number of amides is 1. The molecule has 0 radical (unpaired) electrons. The fraction of sp³-hybridized carbons (Fsp3) is 0.273. The lowest BCUT2D eigenvalue weighted by molar-refractivity contribution is 0.0954. The number of rotatable bonds is 4. The highest BCUT2D eigenvalue weighted by Gasteiger charge is 2.29. The third-order valence-corrected chi connectivity index (χ3v) is 5.11. The van der Waals surface area contributed by atoms with Crippen molar-refractivity contribution in [1.82, 2.24) is 5.32 Å². The van der Waals surface area contributed by atoms with Gasteiger partial charge in [-0.1, -0.05) is 48.0 Å². The molecule has 0 unspecified atom stereocenters. The van der Waals surface area contributed by atoms with E-state index in [4.69, 9.17) is 0 Å². The molecule has 2 aliphatic carbocycles. The molecule has 126 valence electrons. The molecule has 0 atom stereocenters. The van der Waals surface area contributed by atoms with Crippen LogP contribution in [0.25, 0.3) is 11.1 Å². The zero-order valence-electron chi connectivity index (χ0n) is 14.2. The molecule has 0 aromatic heterocycles. The van der Waals surface area contributed by atoms with Gasteiger partial charge in [0.15, 0.2) is 5.78 Å². The second kappa shape index (κ2) is 6.67. The van der Waals surface area contributed by atoms with E-state index in [1.165, 1.54) is 18.4 Å². The Balaban J connectivity index is 1.55. The smallest absolute Gasteiger partial charge is 0.251 e.